The van der Waals surface area contributed by atoms with E-state index in [-0.39, 0.29) is 43.0 Å². The lowest BCUT2D eigenvalue weighted by atomic mass is 9.83. The zero-order chi connectivity index (χ0) is 15.4. The molecule has 23 heavy (non-hydrogen) atoms. The fraction of sp³-hybridized carbons (Fsp3) is 0.938. The Kier molecular flexibility index (Phi) is 4.51. The highest BCUT2D eigenvalue weighted by molar-refractivity contribution is 5.85. The molecule has 3 aliphatic heterocycles. The molecule has 1 N–H and O–H groups in total. The number of carbonyl (C=O) groups excluding carboxylic acids is 1. The van der Waals surface area contributed by atoms with E-state index in [1.54, 1.807) is 4.90 Å². The normalized spacial score (nSPS) is 39.9. The summed E-state index contributed by atoms with van der Waals surface area (Å²) in [6.07, 6.45) is 5.29. The predicted molar refractivity (Wildman–Crippen MR) is 84.2 cm³/mol. The molecule has 2 bridgehead atoms. The van der Waals surface area contributed by atoms with Gasteiger partial charge >= 0.3 is 6.09 Å². The summed E-state index contributed by atoms with van der Waals surface area (Å²) >= 11 is 0. The van der Waals surface area contributed by atoms with Gasteiger partial charge in [-0.3, -0.25) is 0 Å². The second-order valence-electron chi connectivity index (χ2n) is 7.63. The third kappa shape index (κ3) is 3.29. The predicted octanol–water partition coefficient (Wildman–Crippen LogP) is 3.48. The molecular formula is C16H25ClF2N2O2. The second-order valence-corrected chi connectivity index (χ2v) is 7.63. The summed E-state index contributed by atoms with van der Waals surface area (Å²) in [6.45, 7) is 0.661. The molecule has 1 saturated carbocycles. The van der Waals surface area contributed by atoms with Gasteiger partial charge in [-0.15, -0.1) is 12.4 Å². The quantitative estimate of drug-likeness (QED) is 0.787. The fourth-order valence-corrected chi connectivity index (χ4v) is 4.87. The molecule has 0 radical (unpaired) electrons. The molecule has 1 amide bonds. The first-order valence-corrected chi connectivity index (χ1v) is 8.58. The SMILES string of the molecule is Cl.O=C1OC2(CCN1C1CCC(F)(F)CC1)C[C@H]1CC[C@@H](C2)N1. The Balaban J connectivity index is 0.00000156. The molecule has 4 nitrogen and oxygen atoms in total. The van der Waals surface area contributed by atoms with E-state index >= 15 is 0 Å². The van der Waals surface area contributed by atoms with E-state index in [1.165, 1.54) is 12.8 Å². The van der Waals surface area contributed by atoms with Gasteiger partial charge in [-0.2, -0.15) is 0 Å². The van der Waals surface area contributed by atoms with E-state index in [4.69, 9.17) is 4.74 Å². The molecule has 1 spiro atoms. The Labute approximate surface area is 141 Å². The van der Waals surface area contributed by atoms with Crippen molar-refractivity contribution in [3.63, 3.8) is 0 Å². The summed E-state index contributed by atoms with van der Waals surface area (Å²) in [5.41, 5.74) is -0.302. The van der Waals surface area contributed by atoms with Crippen LogP contribution in [0.25, 0.3) is 0 Å². The van der Waals surface area contributed by atoms with Crippen LogP contribution in [-0.4, -0.2) is 47.2 Å². The third-order valence-corrected chi connectivity index (χ3v) is 6.05. The first kappa shape index (κ1) is 17.2. The third-order valence-electron chi connectivity index (χ3n) is 6.05. The largest absolute Gasteiger partial charge is 0.443 e. The maximum Gasteiger partial charge on any atom is 0.410 e. The molecule has 0 aromatic carbocycles. The van der Waals surface area contributed by atoms with Gasteiger partial charge in [0.2, 0.25) is 5.92 Å². The van der Waals surface area contributed by atoms with Gasteiger partial charge in [0.05, 0.1) is 0 Å². The molecule has 4 fully saturated rings. The van der Waals surface area contributed by atoms with E-state index in [2.05, 4.69) is 5.32 Å². The van der Waals surface area contributed by atoms with Crippen LogP contribution in [0.15, 0.2) is 0 Å². The highest BCUT2D eigenvalue weighted by Gasteiger charge is 2.50. The highest BCUT2D eigenvalue weighted by atomic mass is 35.5. The van der Waals surface area contributed by atoms with Gasteiger partial charge in [-0.05, 0) is 25.7 Å². The number of ether oxygens (including phenoxy) is 1. The van der Waals surface area contributed by atoms with Crippen LogP contribution in [0.3, 0.4) is 0 Å². The van der Waals surface area contributed by atoms with E-state index in [1.807, 2.05) is 0 Å². The van der Waals surface area contributed by atoms with Crippen LogP contribution >= 0.6 is 12.4 Å². The number of carbonyl (C=O) groups is 1. The van der Waals surface area contributed by atoms with E-state index < -0.39 is 5.92 Å². The van der Waals surface area contributed by atoms with Crippen LogP contribution in [-0.2, 0) is 4.74 Å². The van der Waals surface area contributed by atoms with Crippen molar-refractivity contribution in [3.05, 3.63) is 0 Å². The van der Waals surface area contributed by atoms with Gasteiger partial charge in [0.25, 0.3) is 0 Å². The van der Waals surface area contributed by atoms with Crippen LogP contribution in [0, 0.1) is 0 Å². The molecule has 7 heteroatoms. The van der Waals surface area contributed by atoms with Crippen LogP contribution in [0.2, 0.25) is 0 Å². The number of hydrogen-bond acceptors (Lipinski definition) is 3. The molecule has 4 rings (SSSR count). The molecule has 3 heterocycles. The molecule has 132 valence electrons. The summed E-state index contributed by atoms with van der Waals surface area (Å²) in [4.78, 5) is 14.2. The van der Waals surface area contributed by atoms with Crippen LogP contribution < -0.4 is 5.32 Å². The minimum Gasteiger partial charge on any atom is -0.443 e. The van der Waals surface area contributed by atoms with Crippen molar-refractivity contribution in [2.45, 2.75) is 87.4 Å². The molecule has 0 aromatic heterocycles. The molecule has 0 aromatic rings. The minimum atomic E-state index is -2.55. The van der Waals surface area contributed by atoms with Crippen molar-refractivity contribution in [1.29, 1.82) is 0 Å². The van der Waals surface area contributed by atoms with Crippen molar-refractivity contribution in [3.8, 4) is 0 Å². The van der Waals surface area contributed by atoms with Crippen molar-refractivity contribution >= 4 is 18.5 Å². The monoisotopic (exact) mass is 350 g/mol. The first-order chi connectivity index (χ1) is 10.4. The average molecular weight is 351 g/mol. The summed E-state index contributed by atoms with van der Waals surface area (Å²) in [7, 11) is 0. The average Bonchev–Trinajstić information content (AvgIpc) is 2.80. The van der Waals surface area contributed by atoms with E-state index in [9.17, 15) is 13.6 Å². The lowest BCUT2D eigenvalue weighted by molar-refractivity contribution is -0.0966. The van der Waals surface area contributed by atoms with Gasteiger partial charge in [0, 0.05) is 56.8 Å². The smallest absolute Gasteiger partial charge is 0.410 e. The van der Waals surface area contributed by atoms with E-state index in [0.29, 0.717) is 31.5 Å². The van der Waals surface area contributed by atoms with Crippen molar-refractivity contribution in [1.82, 2.24) is 10.2 Å². The van der Waals surface area contributed by atoms with E-state index in [0.717, 1.165) is 19.3 Å². The fourth-order valence-electron chi connectivity index (χ4n) is 4.87. The minimum absolute atomic E-state index is 0. The van der Waals surface area contributed by atoms with Crippen LogP contribution in [0.5, 0.6) is 0 Å². The molecular weight excluding hydrogens is 326 g/mol. The van der Waals surface area contributed by atoms with Gasteiger partial charge in [-0.1, -0.05) is 0 Å². The number of alkyl halides is 2. The number of halogens is 3. The van der Waals surface area contributed by atoms with Crippen molar-refractivity contribution < 1.29 is 18.3 Å². The molecule has 4 aliphatic rings. The van der Waals surface area contributed by atoms with Gasteiger partial charge in [-0.25, -0.2) is 13.6 Å². The first-order valence-electron chi connectivity index (χ1n) is 8.58. The number of hydrogen-bond donors (Lipinski definition) is 1. The van der Waals surface area contributed by atoms with Crippen LogP contribution in [0.4, 0.5) is 13.6 Å². The summed E-state index contributed by atoms with van der Waals surface area (Å²) in [6, 6.07) is 0.890. The Bertz CT molecular complexity index is 455. The lowest BCUT2D eigenvalue weighted by Crippen LogP contribution is -2.58. The summed E-state index contributed by atoms with van der Waals surface area (Å²) in [5, 5.41) is 3.57. The van der Waals surface area contributed by atoms with Crippen molar-refractivity contribution in [2.24, 2.45) is 0 Å². The number of amides is 1. The Hall–Kier alpha value is -0.620. The number of nitrogens with zero attached hydrogens (tertiary/aromatic N) is 1. The zero-order valence-corrected chi connectivity index (χ0v) is 14.0. The lowest BCUT2D eigenvalue weighted by Gasteiger charge is -2.48. The number of nitrogens with one attached hydrogen (secondary N) is 1. The molecule has 3 saturated heterocycles. The highest BCUT2D eigenvalue weighted by Crippen LogP contribution is 2.43. The number of fused-ring (bicyclic) bond motifs is 2. The van der Waals surface area contributed by atoms with Gasteiger partial charge in [0.15, 0.2) is 0 Å². The molecule has 3 atom stereocenters. The summed E-state index contributed by atoms with van der Waals surface area (Å²) < 4.78 is 32.4. The maximum atomic E-state index is 13.3. The standard InChI is InChI=1S/C16H24F2N2O2.ClH/c17-16(18)5-3-13(4-6-16)20-8-7-15(22-14(20)21)9-11-1-2-12(10-15)19-11;/h11-13,19H,1-10H2;1H/t11-,12+,15?;. The van der Waals surface area contributed by atoms with Crippen LogP contribution in [0.1, 0.15) is 57.8 Å². The molecule has 1 aliphatic carbocycles. The summed E-state index contributed by atoms with van der Waals surface area (Å²) in [5.74, 6) is -2.55. The number of piperidine rings is 1. The zero-order valence-electron chi connectivity index (χ0n) is 13.2. The Morgan fingerprint density at radius 2 is 1.65 bits per heavy atom. The van der Waals surface area contributed by atoms with Gasteiger partial charge in [0.1, 0.15) is 5.60 Å². The topological polar surface area (TPSA) is 41.6 Å². The Morgan fingerprint density at radius 3 is 2.22 bits per heavy atom. The van der Waals surface area contributed by atoms with Crippen molar-refractivity contribution in [2.75, 3.05) is 6.54 Å². The number of rotatable bonds is 1. The second kappa shape index (κ2) is 6.03. The Morgan fingerprint density at radius 1 is 1.04 bits per heavy atom. The molecule has 1 unspecified atom stereocenters. The van der Waals surface area contributed by atoms with Gasteiger partial charge < -0.3 is 15.0 Å². The maximum absolute atomic E-state index is 13.3.